The fourth-order valence-corrected chi connectivity index (χ4v) is 2.81. The second-order valence-corrected chi connectivity index (χ2v) is 6.60. The number of nitrogens with one attached hydrogen (secondary N) is 1. The first-order chi connectivity index (χ1) is 12.4. The molecule has 0 fully saturated rings. The molecule has 0 saturated heterocycles. The fourth-order valence-electron chi connectivity index (χ4n) is 2.81. The van der Waals surface area contributed by atoms with Gasteiger partial charge in [0.05, 0.1) is 25.1 Å². The predicted octanol–water partition coefficient (Wildman–Crippen LogP) is 3.57. The van der Waals surface area contributed by atoms with Gasteiger partial charge >= 0.3 is 11.9 Å². The summed E-state index contributed by atoms with van der Waals surface area (Å²) in [6.07, 6.45) is 0.623. The third-order valence-electron chi connectivity index (χ3n) is 4.05. The number of carbonyl (C=O) groups is 2. The SMILES string of the molecule is COC(=O)c1ccccc1-c1ccc(CNCC(CC(C)C)C(=O)O)o1. The zero-order valence-corrected chi connectivity index (χ0v) is 15.3. The van der Waals surface area contributed by atoms with Crippen LogP contribution in [0.15, 0.2) is 40.8 Å². The van der Waals surface area contributed by atoms with Gasteiger partial charge in [-0.05, 0) is 30.5 Å². The first-order valence-electron chi connectivity index (χ1n) is 8.62. The van der Waals surface area contributed by atoms with Gasteiger partial charge in [0, 0.05) is 12.1 Å². The first kappa shape index (κ1) is 19.7. The van der Waals surface area contributed by atoms with E-state index in [1.807, 2.05) is 26.0 Å². The Bertz CT molecular complexity index is 750. The number of carbonyl (C=O) groups excluding carboxylic acids is 1. The summed E-state index contributed by atoms with van der Waals surface area (Å²) in [6, 6.07) is 10.7. The van der Waals surface area contributed by atoms with Gasteiger partial charge in [0.15, 0.2) is 0 Å². The summed E-state index contributed by atoms with van der Waals surface area (Å²) in [5, 5.41) is 12.4. The number of carboxylic acids is 1. The molecule has 6 heteroatoms. The lowest BCUT2D eigenvalue weighted by molar-refractivity contribution is -0.142. The van der Waals surface area contributed by atoms with E-state index in [1.54, 1.807) is 24.3 Å². The van der Waals surface area contributed by atoms with Crippen molar-refractivity contribution in [1.29, 1.82) is 0 Å². The Kier molecular flexibility index (Phi) is 6.97. The highest BCUT2D eigenvalue weighted by molar-refractivity contribution is 5.96. The van der Waals surface area contributed by atoms with Crippen molar-refractivity contribution in [2.75, 3.05) is 13.7 Å². The van der Waals surface area contributed by atoms with E-state index in [0.29, 0.717) is 48.1 Å². The van der Waals surface area contributed by atoms with Crippen LogP contribution in [0.2, 0.25) is 0 Å². The van der Waals surface area contributed by atoms with Gasteiger partial charge in [0.2, 0.25) is 0 Å². The molecular formula is C20H25NO5. The fraction of sp³-hybridized carbons (Fsp3) is 0.400. The highest BCUT2D eigenvalue weighted by atomic mass is 16.5. The number of esters is 1. The normalized spacial score (nSPS) is 12.2. The van der Waals surface area contributed by atoms with E-state index in [-0.39, 0.29) is 0 Å². The molecule has 1 atom stereocenters. The molecule has 6 nitrogen and oxygen atoms in total. The summed E-state index contributed by atoms with van der Waals surface area (Å²) in [7, 11) is 1.34. The number of ether oxygens (including phenoxy) is 1. The molecule has 0 saturated carbocycles. The van der Waals surface area contributed by atoms with E-state index in [2.05, 4.69) is 5.32 Å². The lowest BCUT2D eigenvalue weighted by atomic mass is 9.97. The van der Waals surface area contributed by atoms with E-state index in [4.69, 9.17) is 9.15 Å². The van der Waals surface area contributed by atoms with Crippen molar-refractivity contribution in [1.82, 2.24) is 5.32 Å². The van der Waals surface area contributed by atoms with E-state index < -0.39 is 17.9 Å². The summed E-state index contributed by atoms with van der Waals surface area (Å²) in [5.41, 5.74) is 1.10. The Labute approximate surface area is 153 Å². The largest absolute Gasteiger partial charge is 0.481 e. The molecule has 26 heavy (non-hydrogen) atoms. The second kappa shape index (κ2) is 9.20. The number of furan rings is 1. The Morgan fingerprint density at radius 3 is 2.58 bits per heavy atom. The quantitative estimate of drug-likeness (QED) is 0.666. The van der Waals surface area contributed by atoms with Crippen LogP contribution in [0.1, 0.15) is 36.4 Å². The minimum atomic E-state index is -0.793. The lowest BCUT2D eigenvalue weighted by Crippen LogP contribution is -2.29. The first-order valence-corrected chi connectivity index (χ1v) is 8.62. The van der Waals surface area contributed by atoms with Crippen molar-refractivity contribution in [3.8, 4) is 11.3 Å². The molecule has 140 valence electrons. The zero-order chi connectivity index (χ0) is 19.1. The number of benzene rings is 1. The predicted molar refractivity (Wildman–Crippen MR) is 97.8 cm³/mol. The molecule has 0 bridgehead atoms. The maximum atomic E-state index is 11.9. The minimum absolute atomic E-state index is 0.322. The third kappa shape index (κ3) is 5.20. The molecule has 0 aliphatic heterocycles. The van der Waals surface area contributed by atoms with Crippen molar-refractivity contribution in [2.24, 2.45) is 11.8 Å². The molecule has 0 spiro atoms. The summed E-state index contributed by atoms with van der Waals surface area (Å²) in [6.45, 7) is 4.81. The van der Waals surface area contributed by atoms with Crippen LogP contribution in [0.3, 0.4) is 0 Å². The van der Waals surface area contributed by atoms with E-state index in [1.165, 1.54) is 7.11 Å². The number of aliphatic carboxylic acids is 1. The highest BCUT2D eigenvalue weighted by Gasteiger charge is 2.19. The molecule has 2 aromatic rings. The molecule has 0 radical (unpaired) electrons. The molecule has 1 heterocycles. The summed E-state index contributed by atoms with van der Waals surface area (Å²) in [5.74, 6) is -0.0754. The average Bonchev–Trinajstić information content (AvgIpc) is 3.08. The van der Waals surface area contributed by atoms with Crippen LogP contribution >= 0.6 is 0 Å². The van der Waals surface area contributed by atoms with Crippen LogP contribution in [0.25, 0.3) is 11.3 Å². The molecule has 0 aliphatic carbocycles. The minimum Gasteiger partial charge on any atom is -0.481 e. The molecule has 2 rings (SSSR count). The number of rotatable bonds is 9. The highest BCUT2D eigenvalue weighted by Crippen LogP contribution is 2.26. The molecule has 2 N–H and O–H groups in total. The molecule has 0 aliphatic rings. The maximum absolute atomic E-state index is 11.9. The number of hydrogen-bond acceptors (Lipinski definition) is 5. The van der Waals surface area contributed by atoms with Crippen LogP contribution in [0, 0.1) is 11.8 Å². The van der Waals surface area contributed by atoms with Gasteiger partial charge in [-0.2, -0.15) is 0 Å². The summed E-state index contributed by atoms with van der Waals surface area (Å²) < 4.78 is 10.6. The Hall–Kier alpha value is -2.60. The van der Waals surface area contributed by atoms with Gasteiger partial charge in [0.25, 0.3) is 0 Å². The number of hydrogen-bond donors (Lipinski definition) is 2. The van der Waals surface area contributed by atoms with Gasteiger partial charge < -0.3 is 19.6 Å². The Morgan fingerprint density at radius 2 is 1.92 bits per heavy atom. The van der Waals surface area contributed by atoms with Gasteiger partial charge in [-0.3, -0.25) is 4.79 Å². The Morgan fingerprint density at radius 1 is 1.19 bits per heavy atom. The summed E-state index contributed by atoms with van der Waals surface area (Å²) >= 11 is 0. The van der Waals surface area contributed by atoms with Crippen molar-refractivity contribution in [2.45, 2.75) is 26.8 Å². The van der Waals surface area contributed by atoms with Crippen LogP contribution in [0.4, 0.5) is 0 Å². The van der Waals surface area contributed by atoms with E-state index in [0.717, 1.165) is 0 Å². The maximum Gasteiger partial charge on any atom is 0.338 e. The van der Waals surface area contributed by atoms with E-state index >= 15 is 0 Å². The van der Waals surface area contributed by atoms with Gasteiger partial charge in [-0.25, -0.2) is 4.79 Å². The summed E-state index contributed by atoms with van der Waals surface area (Å²) in [4.78, 5) is 23.2. The van der Waals surface area contributed by atoms with Crippen LogP contribution in [-0.4, -0.2) is 30.7 Å². The Balaban J connectivity index is 2.03. The van der Waals surface area contributed by atoms with Crippen LogP contribution in [0.5, 0.6) is 0 Å². The standard InChI is InChI=1S/C20H25NO5/c1-13(2)10-14(19(22)23)11-21-12-15-8-9-18(26-15)16-6-4-5-7-17(16)20(24)25-3/h4-9,13-14,21H,10-12H2,1-3H3,(H,22,23). The van der Waals surface area contributed by atoms with Crippen molar-refractivity contribution in [3.05, 3.63) is 47.7 Å². The van der Waals surface area contributed by atoms with Gasteiger partial charge in [0.1, 0.15) is 11.5 Å². The third-order valence-corrected chi connectivity index (χ3v) is 4.05. The average molecular weight is 359 g/mol. The lowest BCUT2D eigenvalue weighted by Gasteiger charge is -2.14. The zero-order valence-electron chi connectivity index (χ0n) is 15.3. The van der Waals surface area contributed by atoms with E-state index in [9.17, 15) is 14.7 Å². The second-order valence-electron chi connectivity index (χ2n) is 6.60. The monoisotopic (exact) mass is 359 g/mol. The van der Waals surface area contributed by atoms with Crippen LogP contribution < -0.4 is 5.32 Å². The molecule has 0 amide bonds. The van der Waals surface area contributed by atoms with Gasteiger partial charge in [-0.1, -0.05) is 32.0 Å². The molecular weight excluding hydrogens is 334 g/mol. The van der Waals surface area contributed by atoms with Crippen molar-refractivity contribution in [3.63, 3.8) is 0 Å². The van der Waals surface area contributed by atoms with Crippen molar-refractivity contribution >= 4 is 11.9 Å². The molecule has 1 aromatic heterocycles. The van der Waals surface area contributed by atoms with Gasteiger partial charge in [-0.15, -0.1) is 0 Å². The number of carboxylic acid groups (broad SMARTS) is 1. The molecule has 1 aromatic carbocycles. The smallest absolute Gasteiger partial charge is 0.338 e. The van der Waals surface area contributed by atoms with Crippen molar-refractivity contribution < 1.29 is 23.8 Å². The van der Waals surface area contributed by atoms with Crippen LogP contribution in [-0.2, 0) is 16.1 Å². The number of methoxy groups -OCH3 is 1. The topological polar surface area (TPSA) is 88.8 Å². The molecule has 1 unspecified atom stereocenters.